The number of anilines is 1. The van der Waals surface area contributed by atoms with E-state index in [0.29, 0.717) is 6.54 Å². The summed E-state index contributed by atoms with van der Waals surface area (Å²) in [6.07, 6.45) is 2.25. The number of likely N-dealkylation sites (tertiary alicyclic amines) is 1. The lowest BCUT2D eigenvalue weighted by molar-refractivity contribution is -0.131. The summed E-state index contributed by atoms with van der Waals surface area (Å²) in [6.45, 7) is 4.25. The molecule has 1 aromatic carbocycles. The molecule has 1 atom stereocenters. The fourth-order valence-electron chi connectivity index (χ4n) is 2.60. The highest BCUT2D eigenvalue weighted by atomic mass is 16.2. The van der Waals surface area contributed by atoms with E-state index < -0.39 is 0 Å². The zero-order valence-electron chi connectivity index (χ0n) is 11.8. The number of carbonyl (C=O) groups excluding carboxylic acids is 1. The number of benzene rings is 1. The minimum atomic E-state index is -0.147. The van der Waals surface area contributed by atoms with E-state index in [2.05, 4.69) is 0 Å². The molecular weight excluding hydrogens is 238 g/mol. The topological polar surface area (TPSA) is 49.6 Å². The molecule has 1 aliphatic heterocycles. The maximum atomic E-state index is 12.4. The van der Waals surface area contributed by atoms with Gasteiger partial charge < -0.3 is 15.5 Å². The van der Waals surface area contributed by atoms with Crippen LogP contribution in [0.25, 0.3) is 0 Å². The van der Waals surface area contributed by atoms with Gasteiger partial charge in [-0.3, -0.25) is 4.79 Å². The van der Waals surface area contributed by atoms with E-state index in [1.54, 1.807) is 0 Å². The standard InChI is InChI=1S/C15H23N3O/c1-12(15(19)18-9-5-6-10-18)17(2)14-8-4-3-7-13(14)11-16/h3-4,7-8,12H,5-6,9-11,16H2,1-2H3. The number of carbonyl (C=O) groups is 1. The second kappa shape index (κ2) is 6.06. The van der Waals surface area contributed by atoms with Crippen LogP contribution in [0.2, 0.25) is 0 Å². The fourth-order valence-corrected chi connectivity index (χ4v) is 2.60. The van der Waals surface area contributed by atoms with Gasteiger partial charge in [-0.2, -0.15) is 0 Å². The summed E-state index contributed by atoms with van der Waals surface area (Å²) in [6, 6.07) is 7.85. The van der Waals surface area contributed by atoms with Crippen molar-refractivity contribution in [2.24, 2.45) is 5.73 Å². The number of para-hydroxylation sites is 1. The van der Waals surface area contributed by atoms with Crippen LogP contribution in [0.4, 0.5) is 5.69 Å². The van der Waals surface area contributed by atoms with Gasteiger partial charge in [-0.05, 0) is 31.4 Å². The van der Waals surface area contributed by atoms with Gasteiger partial charge in [0.2, 0.25) is 5.91 Å². The van der Waals surface area contributed by atoms with Gasteiger partial charge in [0, 0.05) is 32.4 Å². The molecule has 1 aromatic rings. The first-order chi connectivity index (χ1) is 9.15. The Balaban J connectivity index is 2.13. The highest BCUT2D eigenvalue weighted by Gasteiger charge is 2.26. The average Bonchev–Trinajstić information content (AvgIpc) is 2.99. The highest BCUT2D eigenvalue weighted by molar-refractivity contribution is 5.85. The summed E-state index contributed by atoms with van der Waals surface area (Å²) in [5, 5.41) is 0. The van der Waals surface area contributed by atoms with Gasteiger partial charge in [-0.25, -0.2) is 0 Å². The summed E-state index contributed by atoms with van der Waals surface area (Å²) >= 11 is 0. The van der Waals surface area contributed by atoms with Crippen LogP contribution in [0, 0.1) is 0 Å². The molecule has 1 amide bonds. The second-order valence-electron chi connectivity index (χ2n) is 5.15. The maximum Gasteiger partial charge on any atom is 0.244 e. The van der Waals surface area contributed by atoms with Crippen LogP contribution in [0.5, 0.6) is 0 Å². The lowest BCUT2D eigenvalue weighted by atomic mass is 10.1. The normalized spacial score (nSPS) is 16.5. The predicted octanol–water partition coefficient (Wildman–Crippen LogP) is 1.59. The van der Waals surface area contributed by atoms with Crippen LogP contribution in [0.3, 0.4) is 0 Å². The van der Waals surface area contributed by atoms with E-state index in [1.807, 2.05) is 48.0 Å². The van der Waals surface area contributed by atoms with Crippen molar-refractivity contribution in [1.82, 2.24) is 4.90 Å². The Bertz CT molecular complexity index is 441. The van der Waals surface area contributed by atoms with Gasteiger partial charge in [-0.15, -0.1) is 0 Å². The molecule has 1 fully saturated rings. The van der Waals surface area contributed by atoms with Gasteiger partial charge >= 0.3 is 0 Å². The largest absolute Gasteiger partial charge is 0.363 e. The van der Waals surface area contributed by atoms with Crippen molar-refractivity contribution < 1.29 is 4.79 Å². The fraction of sp³-hybridized carbons (Fsp3) is 0.533. The lowest BCUT2D eigenvalue weighted by Crippen LogP contribution is -2.45. The van der Waals surface area contributed by atoms with E-state index in [0.717, 1.165) is 37.2 Å². The number of amides is 1. The first kappa shape index (κ1) is 13.9. The van der Waals surface area contributed by atoms with Crippen LogP contribution in [-0.2, 0) is 11.3 Å². The molecule has 104 valence electrons. The van der Waals surface area contributed by atoms with Gasteiger partial charge in [0.1, 0.15) is 6.04 Å². The Morgan fingerprint density at radius 1 is 1.37 bits per heavy atom. The van der Waals surface area contributed by atoms with Crippen molar-refractivity contribution in [3.63, 3.8) is 0 Å². The number of nitrogens with two attached hydrogens (primary N) is 1. The van der Waals surface area contributed by atoms with E-state index in [4.69, 9.17) is 5.73 Å². The van der Waals surface area contributed by atoms with Crippen LogP contribution in [0.15, 0.2) is 24.3 Å². The second-order valence-corrected chi connectivity index (χ2v) is 5.15. The Morgan fingerprint density at radius 2 is 2.00 bits per heavy atom. The number of nitrogens with zero attached hydrogens (tertiary/aromatic N) is 2. The van der Waals surface area contributed by atoms with Crippen molar-refractivity contribution in [2.75, 3.05) is 25.0 Å². The summed E-state index contributed by atoms with van der Waals surface area (Å²) in [5.41, 5.74) is 7.89. The Hall–Kier alpha value is -1.55. The zero-order chi connectivity index (χ0) is 13.8. The molecule has 4 nitrogen and oxygen atoms in total. The van der Waals surface area contributed by atoms with Gasteiger partial charge in [0.15, 0.2) is 0 Å². The Morgan fingerprint density at radius 3 is 2.63 bits per heavy atom. The molecule has 0 radical (unpaired) electrons. The number of hydrogen-bond donors (Lipinski definition) is 1. The van der Waals surface area contributed by atoms with Gasteiger partial charge in [0.05, 0.1) is 0 Å². The monoisotopic (exact) mass is 261 g/mol. The summed E-state index contributed by atoms with van der Waals surface area (Å²) < 4.78 is 0. The van der Waals surface area contributed by atoms with Crippen LogP contribution in [-0.4, -0.2) is 37.0 Å². The molecule has 0 bridgehead atoms. The minimum Gasteiger partial charge on any atom is -0.363 e. The third kappa shape index (κ3) is 2.89. The van der Waals surface area contributed by atoms with Crippen molar-refractivity contribution in [3.8, 4) is 0 Å². The molecular formula is C15H23N3O. The molecule has 2 N–H and O–H groups in total. The summed E-state index contributed by atoms with van der Waals surface area (Å²) in [5.74, 6) is 0.215. The molecule has 1 heterocycles. The number of hydrogen-bond acceptors (Lipinski definition) is 3. The minimum absolute atomic E-state index is 0.147. The molecule has 1 aliphatic rings. The van der Waals surface area contributed by atoms with E-state index in [1.165, 1.54) is 0 Å². The predicted molar refractivity (Wildman–Crippen MR) is 78.0 cm³/mol. The quantitative estimate of drug-likeness (QED) is 0.895. The highest BCUT2D eigenvalue weighted by Crippen LogP contribution is 2.22. The van der Waals surface area contributed by atoms with Gasteiger partial charge in [0.25, 0.3) is 0 Å². The smallest absolute Gasteiger partial charge is 0.244 e. The molecule has 1 unspecified atom stereocenters. The van der Waals surface area contributed by atoms with E-state index >= 15 is 0 Å². The molecule has 0 aromatic heterocycles. The third-order valence-corrected chi connectivity index (χ3v) is 3.95. The van der Waals surface area contributed by atoms with Crippen molar-refractivity contribution in [2.45, 2.75) is 32.4 Å². The molecule has 1 saturated heterocycles. The maximum absolute atomic E-state index is 12.4. The van der Waals surface area contributed by atoms with E-state index in [9.17, 15) is 4.79 Å². The first-order valence-electron chi connectivity index (χ1n) is 6.94. The molecule has 0 aliphatic carbocycles. The molecule has 2 rings (SSSR count). The average molecular weight is 261 g/mol. The van der Waals surface area contributed by atoms with Crippen molar-refractivity contribution in [3.05, 3.63) is 29.8 Å². The number of rotatable bonds is 4. The summed E-state index contributed by atoms with van der Waals surface area (Å²) in [7, 11) is 1.97. The van der Waals surface area contributed by atoms with Crippen LogP contribution >= 0.6 is 0 Å². The first-order valence-corrected chi connectivity index (χ1v) is 6.94. The Kier molecular flexibility index (Phi) is 4.43. The molecule has 4 heteroatoms. The SMILES string of the molecule is CC(C(=O)N1CCCC1)N(C)c1ccccc1CN. The molecule has 0 saturated carbocycles. The molecule has 0 spiro atoms. The third-order valence-electron chi connectivity index (χ3n) is 3.95. The zero-order valence-corrected chi connectivity index (χ0v) is 11.8. The Labute approximate surface area is 115 Å². The van der Waals surface area contributed by atoms with E-state index in [-0.39, 0.29) is 11.9 Å². The molecule has 19 heavy (non-hydrogen) atoms. The van der Waals surface area contributed by atoms with Crippen molar-refractivity contribution in [1.29, 1.82) is 0 Å². The van der Waals surface area contributed by atoms with Crippen molar-refractivity contribution >= 4 is 11.6 Å². The van der Waals surface area contributed by atoms with Gasteiger partial charge in [-0.1, -0.05) is 18.2 Å². The summed E-state index contributed by atoms with van der Waals surface area (Å²) in [4.78, 5) is 16.4. The lowest BCUT2D eigenvalue weighted by Gasteiger charge is -2.30. The number of likely N-dealkylation sites (N-methyl/N-ethyl adjacent to an activating group) is 1. The van der Waals surface area contributed by atoms with Crippen LogP contribution in [0.1, 0.15) is 25.3 Å². The van der Waals surface area contributed by atoms with Crippen LogP contribution < -0.4 is 10.6 Å².